The smallest absolute Gasteiger partial charge is 0.157 e. The molecule has 0 aromatic heterocycles. The molecule has 50 valence electrons. The van der Waals surface area contributed by atoms with Crippen molar-refractivity contribution in [2.45, 2.75) is 6.92 Å². The summed E-state index contributed by atoms with van der Waals surface area (Å²) in [6, 6.07) is 0. The molecule has 0 saturated heterocycles. The number of nitrogens with one attached hydrogen (secondary N) is 1. The molecule has 0 fully saturated rings. The van der Waals surface area contributed by atoms with Crippen molar-refractivity contribution in [2.75, 3.05) is 7.11 Å². The van der Waals surface area contributed by atoms with E-state index in [1.807, 2.05) is 0 Å². The minimum absolute atomic E-state index is 0.449. The van der Waals surface area contributed by atoms with Gasteiger partial charge in [-0.3, -0.25) is 4.99 Å². The molecule has 0 saturated carbocycles. The monoisotopic (exact) mass is 126 g/mol. The van der Waals surface area contributed by atoms with E-state index in [2.05, 4.69) is 11.7 Å². The predicted molar refractivity (Wildman–Crippen MR) is 38.0 cm³/mol. The van der Waals surface area contributed by atoms with Crippen LogP contribution in [0.5, 0.6) is 0 Å². The van der Waals surface area contributed by atoms with Crippen LogP contribution >= 0.6 is 0 Å². The van der Waals surface area contributed by atoms with Crippen molar-refractivity contribution in [3.63, 3.8) is 0 Å². The Morgan fingerprint density at radius 3 is 2.44 bits per heavy atom. The van der Waals surface area contributed by atoms with E-state index in [9.17, 15) is 0 Å². The second-order valence-corrected chi connectivity index (χ2v) is 1.46. The molecule has 0 atom stereocenters. The summed E-state index contributed by atoms with van der Waals surface area (Å²) < 4.78 is 4.75. The highest BCUT2D eigenvalue weighted by Crippen LogP contribution is 2.01. The van der Waals surface area contributed by atoms with Gasteiger partial charge in [-0.05, 0) is 13.6 Å². The second kappa shape index (κ2) is 3.83. The highest BCUT2D eigenvalue weighted by Gasteiger charge is 1.93. The van der Waals surface area contributed by atoms with E-state index in [-0.39, 0.29) is 0 Å². The van der Waals surface area contributed by atoms with Crippen LogP contribution in [-0.4, -0.2) is 20.0 Å². The molecule has 0 aliphatic heterocycles. The summed E-state index contributed by atoms with van der Waals surface area (Å²) in [4.78, 5) is 3.58. The molecule has 0 rings (SSSR count). The van der Waals surface area contributed by atoms with E-state index < -0.39 is 0 Å². The topological polar surface area (TPSA) is 45.4 Å². The van der Waals surface area contributed by atoms with E-state index in [4.69, 9.17) is 10.1 Å². The van der Waals surface area contributed by atoms with Gasteiger partial charge in [0, 0.05) is 0 Å². The average Bonchev–Trinajstić information content (AvgIpc) is 1.90. The highest BCUT2D eigenvalue weighted by molar-refractivity contribution is 5.74. The van der Waals surface area contributed by atoms with E-state index in [1.54, 1.807) is 6.92 Å². The first kappa shape index (κ1) is 7.88. The summed E-state index contributed by atoms with van der Waals surface area (Å²) in [5.74, 6) is 0.449. The molecule has 0 unspecified atom stereocenters. The summed E-state index contributed by atoms with van der Waals surface area (Å²) >= 11 is 0. The van der Waals surface area contributed by atoms with E-state index in [1.165, 1.54) is 7.11 Å². The molecule has 9 heavy (non-hydrogen) atoms. The molecule has 0 bridgehead atoms. The van der Waals surface area contributed by atoms with Crippen molar-refractivity contribution in [1.82, 2.24) is 0 Å². The first-order chi connectivity index (χ1) is 4.26. The van der Waals surface area contributed by atoms with Crippen molar-refractivity contribution in [3.8, 4) is 0 Å². The van der Waals surface area contributed by atoms with Gasteiger partial charge in [-0.15, -0.1) is 0 Å². The third-order valence-electron chi connectivity index (χ3n) is 0.945. The molecule has 0 amide bonds. The molecule has 0 aromatic rings. The number of aliphatic imine (C=N–C) groups is 1. The number of ether oxygens (including phenoxy) is 1. The number of hydrogen-bond donors (Lipinski definition) is 1. The Morgan fingerprint density at radius 2 is 2.33 bits per heavy atom. The van der Waals surface area contributed by atoms with Crippen LogP contribution in [0.4, 0.5) is 0 Å². The van der Waals surface area contributed by atoms with Crippen LogP contribution in [0.2, 0.25) is 0 Å². The molecule has 3 nitrogen and oxygen atoms in total. The summed E-state index contributed by atoms with van der Waals surface area (Å²) in [7, 11) is 1.50. The van der Waals surface area contributed by atoms with Gasteiger partial charge < -0.3 is 10.1 Å². The van der Waals surface area contributed by atoms with Gasteiger partial charge in [0.15, 0.2) is 5.76 Å². The van der Waals surface area contributed by atoms with Gasteiger partial charge in [-0.1, -0.05) is 0 Å². The average molecular weight is 126 g/mol. The third kappa shape index (κ3) is 2.08. The molecule has 0 aromatic carbocycles. The Bertz CT molecular complexity index is 149. The van der Waals surface area contributed by atoms with Crippen LogP contribution in [0.3, 0.4) is 0 Å². The molecule has 0 aliphatic carbocycles. The SMILES string of the molecule is C=N/C(C)=C(\C=N)OC. The zero-order chi connectivity index (χ0) is 7.28. The fourth-order valence-corrected chi connectivity index (χ4v) is 0.389. The number of nitrogens with zero attached hydrogens (tertiary/aromatic N) is 1. The number of rotatable bonds is 3. The summed E-state index contributed by atoms with van der Waals surface area (Å²) in [6.07, 6.45) is 1.10. The summed E-state index contributed by atoms with van der Waals surface area (Å²) in [6.45, 7) is 5.02. The van der Waals surface area contributed by atoms with Crippen molar-refractivity contribution in [2.24, 2.45) is 4.99 Å². The highest BCUT2D eigenvalue weighted by atomic mass is 16.5. The van der Waals surface area contributed by atoms with Gasteiger partial charge >= 0.3 is 0 Å². The van der Waals surface area contributed by atoms with Crippen molar-refractivity contribution in [1.29, 1.82) is 5.41 Å². The standard InChI is InChI=1S/C6H10N2O/c1-5(8-2)6(4-7)9-3/h4,7H,2H2,1,3H3/b6-5+,7-4?. The van der Waals surface area contributed by atoms with Gasteiger partial charge in [0.05, 0.1) is 19.0 Å². The summed E-state index contributed by atoms with van der Waals surface area (Å²) in [5, 5.41) is 6.80. The lowest BCUT2D eigenvalue weighted by molar-refractivity contribution is 0.312. The summed E-state index contributed by atoms with van der Waals surface area (Å²) in [5.41, 5.74) is 0.632. The van der Waals surface area contributed by atoms with Crippen LogP contribution in [0, 0.1) is 5.41 Å². The first-order valence-corrected chi connectivity index (χ1v) is 2.48. The largest absolute Gasteiger partial charge is 0.493 e. The van der Waals surface area contributed by atoms with Crippen molar-refractivity contribution >= 4 is 12.9 Å². The van der Waals surface area contributed by atoms with Crippen molar-refractivity contribution < 1.29 is 4.74 Å². The molecular weight excluding hydrogens is 116 g/mol. The van der Waals surface area contributed by atoms with Crippen LogP contribution in [-0.2, 0) is 4.74 Å². The Hall–Kier alpha value is -1.12. The molecule has 3 heteroatoms. The quantitative estimate of drug-likeness (QED) is 0.448. The number of hydrogen-bond acceptors (Lipinski definition) is 3. The van der Waals surface area contributed by atoms with Crippen LogP contribution in [0.25, 0.3) is 0 Å². The normalized spacial score (nSPS) is 11.8. The predicted octanol–water partition coefficient (Wildman–Crippen LogP) is 1.21. The zero-order valence-electron chi connectivity index (χ0n) is 5.64. The Balaban J connectivity index is 4.36. The van der Waals surface area contributed by atoms with Gasteiger partial charge in [0.1, 0.15) is 0 Å². The maximum atomic E-state index is 6.80. The number of methoxy groups -OCH3 is 1. The number of allylic oxidation sites excluding steroid dienone is 2. The molecule has 0 radical (unpaired) electrons. The fourth-order valence-electron chi connectivity index (χ4n) is 0.389. The minimum atomic E-state index is 0.449. The van der Waals surface area contributed by atoms with E-state index in [0.717, 1.165) is 6.21 Å². The Labute approximate surface area is 54.6 Å². The molecule has 0 aliphatic rings. The maximum absolute atomic E-state index is 6.80. The van der Waals surface area contributed by atoms with Crippen LogP contribution < -0.4 is 0 Å². The fraction of sp³-hybridized carbons (Fsp3) is 0.333. The minimum Gasteiger partial charge on any atom is -0.493 e. The lowest BCUT2D eigenvalue weighted by atomic mass is 10.4. The maximum Gasteiger partial charge on any atom is 0.157 e. The molecule has 1 N–H and O–H groups in total. The van der Waals surface area contributed by atoms with Gasteiger partial charge in [0.25, 0.3) is 0 Å². The van der Waals surface area contributed by atoms with Gasteiger partial charge in [-0.2, -0.15) is 0 Å². The Kier molecular flexibility index (Phi) is 3.35. The Morgan fingerprint density at radius 1 is 1.78 bits per heavy atom. The van der Waals surface area contributed by atoms with E-state index in [0.29, 0.717) is 11.5 Å². The first-order valence-electron chi connectivity index (χ1n) is 2.48. The van der Waals surface area contributed by atoms with Crippen molar-refractivity contribution in [3.05, 3.63) is 11.5 Å². The van der Waals surface area contributed by atoms with E-state index >= 15 is 0 Å². The third-order valence-corrected chi connectivity index (χ3v) is 0.945. The van der Waals surface area contributed by atoms with Crippen LogP contribution in [0.1, 0.15) is 6.92 Å². The zero-order valence-corrected chi connectivity index (χ0v) is 5.64. The molecule has 0 spiro atoms. The van der Waals surface area contributed by atoms with Gasteiger partial charge in [0.2, 0.25) is 0 Å². The van der Waals surface area contributed by atoms with Crippen LogP contribution in [0.15, 0.2) is 16.4 Å². The van der Waals surface area contributed by atoms with Gasteiger partial charge in [-0.25, -0.2) is 0 Å². The lowest BCUT2D eigenvalue weighted by Crippen LogP contribution is -1.89. The second-order valence-electron chi connectivity index (χ2n) is 1.46. The molecule has 0 heterocycles. The molecular formula is C6H10N2O. The lowest BCUT2D eigenvalue weighted by Gasteiger charge is -1.98.